The molecule has 0 fully saturated rings. The van der Waals surface area contributed by atoms with Gasteiger partial charge in [0.25, 0.3) is 0 Å². The Labute approximate surface area is 219 Å². The van der Waals surface area contributed by atoms with Crippen LogP contribution in [-0.2, 0) is 25.7 Å². The van der Waals surface area contributed by atoms with E-state index in [9.17, 15) is 27.5 Å². The average Bonchev–Trinajstić information content (AvgIpc) is 3.54. The van der Waals surface area contributed by atoms with Crippen molar-refractivity contribution in [3.8, 4) is 16.9 Å². The normalized spacial score (nSPS) is 13.1. The first-order valence-corrected chi connectivity index (χ1v) is 12.1. The second-order valence-electron chi connectivity index (χ2n) is 9.33. The summed E-state index contributed by atoms with van der Waals surface area (Å²) in [5, 5.41) is 16.0. The van der Waals surface area contributed by atoms with Crippen molar-refractivity contribution >= 4 is 17.4 Å². The lowest BCUT2D eigenvalue weighted by Gasteiger charge is -2.17. The molecule has 0 bridgehead atoms. The summed E-state index contributed by atoms with van der Waals surface area (Å²) in [6.45, 7) is 4.25. The average molecular weight is 545 g/mol. The highest BCUT2D eigenvalue weighted by molar-refractivity contribution is 5.99. The van der Waals surface area contributed by atoms with Crippen LogP contribution in [0.2, 0.25) is 0 Å². The first-order chi connectivity index (χ1) is 18.5. The van der Waals surface area contributed by atoms with Gasteiger partial charge in [-0.15, -0.1) is 0 Å². The Kier molecular flexibility index (Phi) is 6.85. The first kappa shape index (κ1) is 26.4. The van der Waals surface area contributed by atoms with Crippen LogP contribution in [-0.4, -0.2) is 43.1 Å². The molecule has 5 rings (SSSR count). The number of nitrogens with zero attached hydrogens (tertiary/aromatic N) is 4. The van der Waals surface area contributed by atoms with Gasteiger partial charge in [0.2, 0.25) is 5.95 Å². The molecule has 4 aromatic rings. The van der Waals surface area contributed by atoms with Crippen molar-refractivity contribution in [3.63, 3.8) is 0 Å². The zero-order valence-corrected chi connectivity index (χ0v) is 20.9. The fourth-order valence-electron chi connectivity index (χ4n) is 4.53. The first-order valence-electron chi connectivity index (χ1n) is 12.1. The summed E-state index contributed by atoms with van der Waals surface area (Å²) in [5.74, 6) is -0.975. The largest absolute Gasteiger partial charge is 0.493 e. The molecule has 1 aromatic carbocycles. The Balaban J connectivity index is 1.60. The van der Waals surface area contributed by atoms with E-state index in [2.05, 4.69) is 25.6 Å². The number of benzene rings is 1. The summed E-state index contributed by atoms with van der Waals surface area (Å²) in [6.07, 6.45) is -0.451. The summed E-state index contributed by atoms with van der Waals surface area (Å²) in [5.41, 5.74) is 0.622. The molecular formula is C26H24F4N6O3. The maximum absolute atomic E-state index is 14.6. The van der Waals surface area contributed by atoms with E-state index >= 15 is 0 Å². The van der Waals surface area contributed by atoms with E-state index in [4.69, 9.17) is 4.74 Å². The number of carboxylic acid groups (broad SMARTS) is 1. The molecule has 1 aliphatic heterocycles. The Bertz CT molecular complexity index is 1570. The van der Waals surface area contributed by atoms with Crippen LogP contribution >= 0.6 is 0 Å². The number of imidazole rings is 1. The van der Waals surface area contributed by atoms with E-state index in [-0.39, 0.29) is 53.0 Å². The van der Waals surface area contributed by atoms with Gasteiger partial charge in [0.05, 0.1) is 12.1 Å². The molecule has 0 unspecified atom stereocenters. The molecule has 0 saturated carbocycles. The topological polar surface area (TPSA) is 114 Å². The number of fused-ring (bicyclic) bond motifs is 2. The maximum Gasteiger partial charge on any atom is 0.433 e. The molecule has 3 aromatic heterocycles. The van der Waals surface area contributed by atoms with Crippen molar-refractivity contribution in [2.24, 2.45) is 0 Å². The third kappa shape index (κ3) is 5.09. The number of pyridine rings is 1. The highest BCUT2D eigenvalue weighted by atomic mass is 19.4. The summed E-state index contributed by atoms with van der Waals surface area (Å²) >= 11 is 0. The van der Waals surface area contributed by atoms with Crippen molar-refractivity contribution in [1.82, 2.24) is 24.7 Å². The van der Waals surface area contributed by atoms with Gasteiger partial charge < -0.3 is 20.5 Å². The van der Waals surface area contributed by atoms with Crippen LogP contribution in [0.15, 0.2) is 36.9 Å². The summed E-state index contributed by atoms with van der Waals surface area (Å²) in [4.78, 5) is 24.0. The number of hydrogen-bond acceptors (Lipinski definition) is 7. The zero-order valence-electron chi connectivity index (χ0n) is 20.9. The molecule has 39 heavy (non-hydrogen) atoms. The Hall–Kier alpha value is -4.26. The number of ether oxygens (including phenoxy) is 1. The van der Waals surface area contributed by atoms with E-state index < -0.39 is 23.7 Å². The number of aromatic carboxylic acids is 1. The number of anilines is 1. The molecule has 0 atom stereocenters. The van der Waals surface area contributed by atoms with Crippen LogP contribution in [0.3, 0.4) is 0 Å². The molecule has 1 aliphatic rings. The minimum Gasteiger partial charge on any atom is -0.493 e. The molecular weight excluding hydrogens is 520 g/mol. The predicted molar refractivity (Wildman–Crippen MR) is 133 cm³/mol. The Morgan fingerprint density at radius 2 is 1.92 bits per heavy atom. The summed E-state index contributed by atoms with van der Waals surface area (Å²) in [6, 6.07) is 3.80. The quantitative estimate of drug-likeness (QED) is 0.274. The van der Waals surface area contributed by atoms with E-state index in [1.54, 1.807) is 6.07 Å². The summed E-state index contributed by atoms with van der Waals surface area (Å²) < 4.78 is 61.8. The van der Waals surface area contributed by atoms with Crippen LogP contribution in [0.5, 0.6) is 5.75 Å². The van der Waals surface area contributed by atoms with Gasteiger partial charge in [-0.2, -0.15) is 13.2 Å². The van der Waals surface area contributed by atoms with Gasteiger partial charge in [-0.1, -0.05) is 13.8 Å². The fraction of sp³-hybridized carbons (Fsp3) is 0.308. The van der Waals surface area contributed by atoms with E-state index in [0.717, 1.165) is 17.8 Å². The molecule has 9 nitrogen and oxygen atoms in total. The number of carboxylic acids is 1. The molecule has 204 valence electrons. The van der Waals surface area contributed by atoms with Gasteiger partial charge in [-0.05, 0) is 23.8 Å². The molecule has 0 aliphatic carbocycles. The molecule has 0 saturated heterocycles. The number of carbonyl (C=O) groups is 1. The molecule has 0 amide bonds. The smallest absolute Gasteiger partial charge is 0.433 e. The van der Waals surface area contributed by atoms with Crippen LogP contribution in [0, 0.1) is 5.82 Å². The molecule has 0 radical (unpaired) electrons. The number of rotatable bonds is 8. The number of nitrogens with one attached hydrogen (secondary N) is 2. The van der Waals surface area contributed by atoms with Crippen molar-refractivity contribution < 1.29 is 32.2 Å². The van der Waals surface area contributed by atoms with Gasteiger partial charge in [-0.3, -0.25) is 9.38 Å². The van der Waals surface area contributed by atoms with Crippen LogP contribution in [0.25, 0.3) is 16.6 Å². The standard InChI is InChI=1S/C26H24F4N6O3/c1-13(2)31-8-14-7-21(26(28,29)30)32-9-16(14)18-11-34-25(36-12-35-22(23(18)36)24(37)38)33-10-17-15-5-6-39-20(15)4-3-19(17)27/h3-4,7,9,11-13,31H,5-6,8,10H2,1-2H3,(H,33,34)(H,37,38). The number of halogens is 4. The van der Waals surface area contributed by atoms with Crippen molar-refractivity contribution in [2.75, 3.05) is 11.9 Å². The minimum atomic E-state index is -4.66. The molecule has 3 N–H and O–H groups in total. The van der Waals surface area contributed by atoms with Crippen molar-refractivity contribution in [3.05, 3.63) is 70.8 Å². The van der Waals surface area contributed by atoms with Crippen molar-refractivity contribution in [2.45, 2.75) is 45.6 Å². The highest BCUT2D eigenvalue weighted by Gasteiger charge is 2.33. The van der Waals surface area contributed by atoms with Gasteiger partial charge in [0.1, 0.15) is 23.6 Å². The lowest BCUT2D eigenvalue weighted by Crippen LogP contribution is -2.23. The van der Waals surface area contributed by atoms with Crippen LogP contribution < -0.4 is 15.4 Å². The lowest BCUT2D eigenvalue weighted by atomic mass is 10.0. The molecule has 13 heteroatoms. The number of aromatic nitrogens is 4. The summed E-state index contributed by atoms with van der Waals surface area (Å²) in [7, 11) is 0. The van der Waals surface area contributed by atoms with E-state index in [1.807, 2.05) is 13.8 Å². The lowest BCUT2D eigenvalue weighted by molar-refractivity contribution is -0.141. The molecule has 0 spiro atoms. The number of alkyl halides is 3. The van der Waals surface area contributed by atoms with Crippen molar-refractivity contribution in [1.29, 1.82) is 0 Å². The Morgan fingerprint density at radius 1 is 1.15 bits per heavy atom. The second-order valence-corrected chi connectivity index (χ2v) is 9.33. The third-order valence-corrected chi connectivity index (χ3v) is 6.40. The van der Waals surface area contributed by atoms with Gasteiger partial charge >= 0.3 is 12.1 Å². The van der Waals surface area contributed by atoms with Gasteiger partial charge in [-0.25, -0.2) is 19.2 Å². The van der Waals surface area contributed by atoms with Gasteiger partial charge in [0, 0.05) is 60.2 Å². The predicted octanol–water partition coefficient (Wildman–Crippen LogP) is 4.69. The zero-order chi connectivity index (χ0) is 27.9. The highest BCUT2D eigenvalue weighted by Crippen LogP contribution is 2.35. The van der Waals surface area contributed by atoms with Gasteiger partial charge in [0.15, 0.2) is 5.69 Å². The second kappa shape index (κ2) is 10.1. The van der Waals surface area contributed by atoms with E-state index in [1.165, 1.54) is 23.0 Å². The SMILES string of the molecule is CC(C)NCc1cc(C(F)(F)F)ncc1-c1cnc(NCc2c(F)ccc3c2CCO3)n2cnc(C(=O)O)c12. The van der Waals surface area contributed by atoms with E-state index in [0.29, 0.717) is 24.3 Å². The maximum atomic E-state index is 14.6. The number of hydrogen-bond donors (Lipinski definition) is 3. The minimum absolute atomic E-state index is 0.0279. The third-order valence-electron chi connectivity index (χ3n) is 6.40. The molecule has 4 heterocycles. The van der Waals surface area contributed by atoms with Crippen LogP contribution in [0.1, 0.15) is 46.7 Å². The van der Waals surface area contributed by atoms with Crippen LogP contribution in [0.4, 0.5) is 23.5 Å². The monoisotopic (exact) mass is 544 g/mol. The Morgan fingerprint density at radius 3 is 2.64 bits per heavy atom. The fourth-order valence-corrected chi connectivity index (χ4v) is 4.53.